The van der Waals surface area contributed by atoms with Crippen LogP contribution in [0.25, 0.3) is 0 Å². The van der Waals surface area contributed by atoms with E-state index in [1.807, 2.05) is 13.0 Å². The number of para-hydroxylation sites is 1. The van der Waals surface area contributed by atoms with Gasteiger partial charge in [-0.1, -0.05) is 48.9 Å². The van der Waals surface area contributed by atoms with Crippen LogP contribution in [-0.4, -0.2) is 50.5 Å². The minimum atomic E-state index is -3.76. The summed E-state index contributed by atoms with van der Waals surface area (Å²) < 4.78 is 26.5. The number of amides is 2. The van der Waals surface area contributed by atoms with Gasteiger partial charge < -0.3 is 10.2 Å². The van der Waals surface area contributed by atoms with Crippen LogP contribution >= 0.6 is 11.6 Å². The maximum absolute atomic E-state index is 13.5. The molecule has 0 heterocycles. The summed E-state index contributed by atoms with van der Waals surface area (Å²) in [5.74, 6) is -0.769. The number of hydrogen-bond donors (Lipinski definition) is 1. The van der Waals surface area contributed by atoms with E-state index in [-0.39, 0.29) is 12.5 Å². The molecule has 0 aliphatic carbocycles. The monoisotopic (exact) mass is 493 g/mol. The van der Waals surface area contributed by atoms with Gasteiger partial charge in [0.25, 0.3) is 0 Å². The van der Waals surface area contributed by atoms with Gasteiger partial charge in [-0.25, -0.2) is 8.42 Å². The Labute approximate surface area is 201 Å². The lowest BCUT2D eigenvalue weighted by molar-refractivity contribution is -0.139. The van der Waals surface area contributed by atoms with E-state index in [1.165, 1.54) is 4.90 Å². The minimum Gasteiger partial charge on any atom is -0.354 e. The molecule has 0 radical (unpaired) electrons. The fourth-order valence-corrected chi connectivity index (χ4v) is 4.63. The van der Waals surface area contributed by atoms with Crippen molar-refractivity contribution in [1.29, 1.82) is 0 Å². The lowest BCUT2D eigenvalue weighted by Gasteiger charge is -2.32. The lowest BCUT2D eigenvalue weighted by Crippen LogP contribution is -2.51. The summed E-state index contributed by atoms with van der Waals surface area (Å²) in [5.41, 5.74) is 2.74. The number of carbonyl (C=O) groups is 2. The van der Waals surface area contributed by atoms with Crippen LogP contribution in [-0.2, 0) is 26.2 Å². The molecule has 2 amide bonds. The molecule has 0 unspecified atom stereocenters. The number of benzene rings is 2. The van der Waals surface area contributed by atoms with Gasteiger partial charge in [0, 0.05) is 18.1 Å². The molecule has 0 aromatic heterocycles. The molecule has 33 heavy (non-hydrogen) atoms. The van der Waals surface area contributed by atoms with E-state index in [0.29, 0.717) is 17.3 Å². The molecule has 0 fully saturated rings. The van der Waals surface area contributed by atoms with E-state index < -0.39 is 28.5 Å². The van der Waals surface area contributed by atoms with Crippen LogP contribution in [0, 0.1) is 13.8 Å². The molecule has 2 aromatic rings. The van der Waals surface area contributed by atoms with Crippen molar-refractivity contribution in [3.8, 4) is 0 Å². The van der Waals surface area contributed by atoms with Crippen LogP contribution in [0.15, 0.2) is 42.5 Å². The molecule has 2 aromatic carbocycles. The highest BCUT2D eigenvalue weighted by atomic mass is 35.5. The highest BCUT2D eigenvalue weighted by molar-refractivity contribution is 7.92. The zero-order valence-corrected chi connectivity index (χ0v) is 21.3. The third-order valence-corrected chi connectivity index (χ3v) is 6.72. The van der Waals surface area contributed by atoms with Crippen molar-refractivity contribution in [2.45, 2.75) is 46.7 Å². The van der Waals surface area contributed by atoms with Crippen LogP contribution in [0.2, 0.25) is 5.02 Å². The van der Waals surface area contributed by atoms with Crippen LogP contribution in [0.4, 0.5) is 5.69 Å². The summed E-state index contributed by atoms with van der Waals surface area (Å²) in [4.78, 5) is 27.6. The Balaban J connectivity index is 2.42. The smallest absolute Gasteiger partial charge is 0.244 e. The first-order valence-corrected chi connectivity index (χ1v) is 13.0. The fraction of sp³-hybridized carbons (Fsp3) is 0.417. The minimum absolute atomic E-state index is 0.140. The Morgan fingerprint density at radius 1 is 1.06 bits per heavy atom. The lowest BCUT2D eigenvalue weighted by atomic mass is 10.1. The Kier molecular flexibility index (Phi) is 9.31. The number of hydrogen-bond acceptors (Lipinski definition) is 4. The molecular formula is C24H32ClN3O4S. The number of rotatable bonds is 10. The number of halogens is 1. The van der Waals surface area contributed by atoms with Gasteiger partial charge >= 0.3 is 0 Å². The summed E-state index contributed by atoms with van der Waals surface area (Å²) in [5, 5.41) is 3.37. The molecule has 180 valence electrons. The largest absolute Gasteiger partial charge is 0.354 e. The number of sulfonamides is 1. The molecule has 1 atom stereocenters. The third kappa shape index (κ3) is 7.20. The van der Waals surface area contributed by atoms with Crippen LogP contribution in [0.3, 0.4) is 0 Å². The quantitative estimate of drug-likeness (QED) is 0.547. The second kappa shape index (κ2) is 11.5. The molecule has 0 aliphatic heterocycles. The first kappa shape index (κ1) is 26.7. The van der Waals surface area contributed by atoms with Crippen molar-refractivity contribution in [1.82, 2.24) is 10.2 Å². The number of aryl methyl sites for hydroxylation is 2. The summed E-state index contributed by atoms with van der Waals surface area (Å²) >= 11 is 5.98. The van der Waals surface area contributed by atoms with Crippen molar-refractivity contribution in [2.75, 3.05) is 23.7 Å². The second-order valence-corrected chi connectivity index (χ2v) is 10.5. The Hall–Kier alpha value is -2.58. The van der Waals surface area contributed by atoms with Gasteiger partial charge in [0.15, 0.2) is 0 Å². The summed E-state index contributed by atoms with van der Waals surface area (Å²) in [7, 11) is -3.76. The molecule has 0 bridgehead atoms. The predicted molar refractivity (Wildman–Crippen MR) is 133 cm³/mol. The SMILES string of the molecule is CCCNC(=O)[C@H](C)N(Cc1ccc(Cl)cc1)C(=O)CN(c1c(C)cccc1C)S(C)(=O)=O. The maximum Gasteiger partial charge on any atom is 0.244 e. The highest BCUT2D eigenvalue weighted by Crippen LogP contribution is 2.27. The number of anilines is 1. The molecule has 0 spiro atoms. The highest BCUT2D eigenvalue weighted by Gasteiger charge is 2.31. The first-order valence-electron chi connectivity index (χ1n) is 10.8. The van der Waals surface area contributed by atoms with Crippen molar-refractivity contribution in [3.63, 3.8) is 0 Å². The summed E-state index contributed by atoms with van der Waals surface area (Å²) in [6.45, 7) is 7.40. The average molecular weight is 494 g/mol. The van der Waals surface area contributed by atoms with Crippen LogP contribution < -0.4 is 9.62 Å². The van der Waals surface area contributed by atoms with E-state index in [1.54, 1.807) is 57.2 Å². The van der Waals surface area contributed by atoms with E-state index in [4.69, 9.17) is 11.6 Å². The maximum atomic E-state index is 13.5. The van der Waals surface area contributed by atoms with Crippen LogP contribution in [0.5, 0.6) is 0 Å². The Morgan fingerprint density at radius 2 is 1.64 bits per heavy atom. The summed E-state index contributed by atoms with van der Waals surface area (Å²) in [6, 6.07) is 11.6. The summed E-state index contributed by atoms with van der Waals surface area (Å²) in [6.07, 6.45) is 1.84. The van der Waals surface area contributed by atoms with E-state index in [0.717, 1.165) is 33.7 Å². The molecular weight excluding hydrogens is 462 g/mol. The molecule has 0 aliphatic rings. The average Bonchev–Trinajstić information content (AvgIpc) is 2.74. The van der Waals surface area contributed by atoms with E-state index >= 15 is 0 Å². The van der Waals surface area contributed by atoms with Gasteiger partial charge in [-0.2, -0.15) is 0 Å². The molecule has 7 nitrogen and oxygen atoms in total. The van der Waals surface area contributed by atoms with Crippen molar-refractivity contribution in [2.24, 2.45) is 0 Å². The van der Waals surface area contributed by atoms with E-state index in [2.05, 4.69) is 5.32 Å². The zero-order chi connectivity index (χ0) is 24.8. The van der Waals surface area contributed by atoms with Crippen LogP contribution in [0.1, 0.15) is 37.0 Å². The Morgan fingerprint density at radius 3 is 2.15 bits per heavy atom. The van der Waals surface area contributed by atoms with Crippen molar-refractivity contribution < 1.29 is 18.0 Å². The first-order chi connectivity index (χ1) is 15.5. The van der Waals surface area contributed by atoms with Gasteiger partial charge in [0.05, 0.1) is 11.9 Å². The molecule has 1 N–H and O–H groups in total. The molecule has 0 saturated carbocycles. The van der Waals surface area contributed by atoms with Gasteiger partial charge in [0.1, 0.15) is 12.6 Å². The van der Waals surface area contributed by atoms with Crippen molar-refractivity contribution >= 4 is 39.1 Å². The number of nitrogens with one attached hydrogen (secondary N) is 1. The second-order valence-electron chi connectivity index (χ2n) is 8.13. The van der Waals surface area contributed by atoms with Crippen molar-refractivity contribution in [3.05, 3.63) is 64.2 Å². The molecule has 9 heteroatoms. The van der Waals surface area contributed by atoms with E-state index in [9.17, 15) is 18.0 Å². The van der Waals surface area contributed by atoms with Gasteiger partial charge in [-0.05, 0) is 56.0 Å². The number of nitrogens with zero attached hydrogens (tertiary/aromatic N) is 2. The zero-order valence-electron chi connectivity index (χ0n) is 19.8. The standard InChI is InChI=1S/C24H32ClN3O4S/c1-6-14-26-24(30)19(4)27(15-20-10-12-21(25)13-11-20)22(29)16-28(33(5,31)32)23-17(2)8-7-9-18(23)3/h7-13,19H,6,14-16H2,1-5H3,(H,26,30)/t19-/m0/s1. The Bertz CT molecular complexity index is 1070. The molecule has 2 rings (SSSR count). The predicted octanol–water partition coefficient (Wildman–Crippen LogP) is 3.67. The van der Waals surface area contributed by atoms with Gasteiger partial charge in [0.2, 0.25) is 21.8 Å². The van der Waals surface area contributed by atoms with Gasteiger partial charge in [-0.15, -0.1) is 0 Å². The topological polar surface area (TPSA) is 86.8 Å². The third-order valence-electron chi connectivity index (χ3n) is 5.35. The number of carbonyl (C=O) groups excluding carboxylic acids is 2. The molecule has 0 saturated heterocycles. The normalized spacial score (nSPS) is 12.2. The van der Waals surface area contributed by atoms with Gasteiger partial charge in [-0.3, -0.25) is 13.9 Å². The fourth-order valence-electron chi connectivity index (χ4n) is 3.54.